The zero-order valence-corrected chi connectivity index (χ0v) is 38.9. The van der Waals surface area contributed by atoms with Gasteiger partial charge in [0, 0.05) is 51.2 Å². The Kier molecular flexibility index (Phi) is 12.6. The summed E-state index contributed by atoms with van der Waals surface area (Å²) >= 11 is 0. The maximum Gasteiger partial charge on any atom is 0.0560 e. The van der Waals surface area contributed by atoms with E-state index in [0.717, 1.165) is 47.7 Å². The maximum absolute atomic E-state index is 2.52. The van der Waals surface area contributed by atoms with Crippen molar-refractivity contribution in [3.05, 3.63) is 282 Å². The van der Waals surface area contributed by atoms with Crippen molar-refractivity contribution in [2.45, 2.75) is 52.1 Å². The first kappa shape index (κ1) is 43.3. The van der Waals surface area contributed by atoms with Crippen LogP contribution in [-0.4, -0.2) is 12.1 Å². The van der Waals surface area contributed by atoms with Crippen molar-refractivity contribution in [2.75, 3.05) is 14.7 Å². The molecule has 0 aliphatic heterocycles. The third-order valence-corrected chi connectivity index (χ3v) is 13.3. The van der Waals surface area contributed by atoms with Crippen molar-refractivity contribution in [3.8, 4) is 0 Å². The number of para-hydroxylation sites is 2. The topological polar surface area (TPSA) is 9.72 Å². The predicted molar refractivity (Wildman–Crippen MR) is 286 cm³/mol. The minimum absolute atomic E-state index is 0.0212. The van der Waals surface area contributed by atoms with Crippen molar-refractivity contribution in [1.29, 1.82) is 0 Å². The average molecular weight is 870 g/mol. The number of anilines is 6. The van der Waals surface area contributed by atoms with Gasteiger partial charge in [-0.05, 0) is 133 Å². The highest BCUT2D eigenvalue weighted by Crippen LogP contribution is 2.43. The molecule has 0 amide bonds. The maximum atomic E-state index is 2.52. The molecule has 0 aromatic heterocycles. The lowest BCUT2D eigenvalue weighted by molar-refractivity contribution is 0.631. The SMILES string of the molecule is Cc1ccc(N(C2=CC(C)(C)C=C2)C2C=CC(/C(=C(\c3ccccc3)c3ccc(N(c4ccc(N(c5ccccc5)c5ccccc5)cc4)C4C=CC=CC4)cc3)C3C=CC=CC3)=CC2)cc1. The first-order chi connectivity index (χ1) is 32.9. The number of rotatable bonds is 13. The first-order valence-corrected chi connectivity index (χ1v) is 23.9. The summed E-state index contributed by atoms with van der Waals surface area (Å²) in [6.07, 6.45) is 35.2. The summed E-state index contributed by atoms with van der Waals surface area (Å²) in [5.74, 6) is 0.224. The summed E-state index contributed by atoms with van der Waals surface area (Å²) in [4.78, 5) is 7.34. The third kappa shape index (κ3) is 9.55. The van der Waals surface area contributed by atoms with Gasteiger partial charge < -0.3 is 14.7 Å². The second kappa shape index (κ2) is 19.5. The van der Waals surface area contributed by atoms with Gasteiger partial charge in [-0.25, -0.2) is 0 Å². The van der Waals surface area contributed by atoms with Crippen LogP contribution in [0.3, 0.4) is 0 Å². The van der Waals surface area contributed by atoms with Crippen molar-refractivity contribution in [1.82, 2.24) is 0 Å². The Hall–Kier alpha value is -7.62. The molecule has 4 aliphatic rings. The van der Waals surface area contributed by atoms with E-state index in [9.17, 15) is 0 Å². The molecule has 0 fully saturated rings. The molecule has 0 saturated carbocycles. The molecule has 330 valence electrons. The molecule has 10 rings (SSSR count). The molecule has 0 heterocycles. The van der Waals surface area contributed by atoms with Gasteiger partial charge in [0.25, 0.3) is 0 Å². The number of aryl methyl sites for hydroxylation is 1. The van der Waals surface area contributed by atoms with Crippen molar-refractivity contribution in [3.63, 3.8) is 0 Å². The zero-order valence-electron chi connectivity index (χ0n) is 38.9. The van der Waals surface area contributed by atoms with E-state index < -0.39 is 0 Å². The quantitative estimate of drug-likeness (QED) is 0.114. The first-order valence-electron chi connectivity index (χ1n) is 23.9. The van der Waals surface area contributed by atoms with Crippen molar-refractivity contribution < 1.29 is 0 Å². The Bertz CT molecular complexity index is 2900. The summed E-state index contributed by atoms with van der Waals surface area (Å²) in [7, 11) is 0. The number of hydrogen-bond acceptors (Lipinski definition) is 3. The summed E-state index contributed by atoms with van der Waals surface area (Å²) in [5, 5.41) is 0. The highest BCUT2D eigenvalue weighted by atomic mass is 15.2. The highest BCUT2D eigenvalue weighted by Gasteiger charge is 2.29. The van der Waals surface area contributed by atoms with E-state index >= 15 is 0 Å². The standard InChI is InChI=1S/C64H59N3/c1-48-29-35-56(36-30-48)67(61-45-46-64(2,3)47-61)58-39-33-52(34-40-58)63(50-21-11-5-12-22-50)62(49-19-9-4-10-20-49)51-31-37-57(38-32-51)66(55-27-17-8-18-28-55)60-43-41-59(42-44-60)65(53-23-13-6-14-24-53)54-25-15-7-16-26-54/h4-21,23-27,29-39,41-47,50,55,58H,22,28,40H2,1-3H3/b63-62+. The van der Waals surface area contributed by atoms with Gasteiger partial charge in [0.15, 0.2) is 0 Å². The van der Waals surface area contributed by atoms with E-state index in [1.54, 1.807) is 0 Å². The Morgan fingerprint density at radius 3 is 1.55 bits per heavy atom. The van der Waals surface area contributed by atoms with Gasteiger partial charge in [0.2, 0.25) is 0 Å². The van der Waals surface area contributed by atoms with Crippen LogP contribution >= 0.6 is 0 Å². The monoisotopic (exact) mass is 869 g/mol. The fourth-order valence-corrected chi connectivity index (χ4v) is 10.0. The fourth-order valence-electron chi connectivity index (χ4n) is 10.0. The van der Waals surface area contributed by atoms with E-state index in [1.165, 1.54) is 44.8 Å². The van der Waals surface area contributed by atoms with E-state index in [1.807, 2.05) is 0 Å². The van der Waals surface area contributed by atoms with Crippen LogP contribution in [0.15, 0.2) is 266 Å². The van der Waals surface area contributed by atoms with Crippen LogP contribution in [0.4, 0.5) is 34.1 Å². The van der Waals surface area contributed by atoms with E-state index in [4.69, 9.17) is 0 Å². The molecule has 3 nitrogen and oxygen atoms in total. The number of hydrogen-bond donors (Lipinski definition) is 0. The largest absolute Gasteiger partial charge is 0.334 e. The minimum Gasteiger partial charge on any atom is -0.334 e. The Balaban J connectivity index is 1.03. The molecule has 6 aromatic rings. The molecule has 3 unspecified atom stereocenters. The van der Waals surface area contributed by atoms with Gasteiger partial charge in [0.1, 0.15) is 0 Å². The van der Waals surface area contributed by atoms with Crippen LogP contribution in [-0.2, 0) is 0 Å². The van der Waals surface area contributed by atoms with Gasteiger partial charge in [-0.2, -0.15) is 0 Å². The number of nitrogens with zero attached hydrogens (tertiary/aromatic N) is 3. The molecular weight excluding hydrogens is 811 g/mol. The minimum atomic E-state index is 0.0212. The third-order valence-electron chi connectivity index (χ3n) is 13.3. The fraction of sp³-hybridized carbons (Fsp3) is 0.156. The molecule has 0 saturated heterocycles. The van der Waals surface area contributed by atoms with Crippen LogP contribution in [0.2, 0.25) is 0 Å². The second-order valence-corrected chi connectivity index (χ2v) is 18.6. The highest BCUT2D eigenvalue weighted by molar-refractivity contribution is 5.87. The predicted octanol–water partition coefficient (Wildman–Crippen LogP) is 16.7. The van der Waals surface area contributed by atoms with Crippen LogP contribution in [0.5, 0.6) is 0 Å². The van der Waals surface area contributed by atoms with Crippen LogP contribution in [0, 0.1) is 18.3 Å². The van der Waals surface area contributed by atoms with Crippen LogP contribution in [0.25, 0.3) is 5.57 Å². The normalized spacial score (nSPS) is 19.4. The van der Waals surface area contributed by atoms with Crippen LogP contribution < -0.4 is 14.7 Å². The van der Waals surface area contributed by atoms with Gasteiger partial charge in [-0.1, -0.05) is 189 Å². The van der Waals surface area contributed by atoms with E-state index in [2.05, 4.69) is 284 Å². The zero-order chi connectivity index (χ0) is 45.6. The summed E-state index contributed by atoms with van der Waals surface area (Å²) < 4.78 is 0. The number of allylic oxidation sites excluding steroid dienone is 12. The molecule has 0 spiro atoms. The summed E-state index contributed by atoms with van der Waals surface area (Å²) in [6.45, 7) is 6.73. The van der Waals surface area contributed by atoms with E-state index in [0.29, 0.717) is 0 Å². The second-order valence-electron chi connectivity index (χ2n) is 18.6. The lowest BCUT2D eigenvalue weighted by atomic mass is 9.78. The average Bonchev–Trinajstić information content (AvgIpc) is 3.75. The van der Waals surface area contributed by atoms with Crippen molar-refractivity contribution in [2.24, 2.45) is 11.3 Å². The van der Waals surface area contributed by atoms with Gasteiger partial charge in [-0.15, -0.1) is 0 Å². The molecule has 3 atom stereocenters. The van der Waals surface area contributed by atoms with Crippen molar-refractivity contribution >= 4 is 39.7 Å². The van der Waals surface area contributed by atoms with Crippen LogP contribution in [0.1, 0.15) is 49.8 Å². The van der Waals surface area contributed by atoms with Gasteiger partial charge in [-0.3, -0.25) is 0 Å². The summed E-state index contributed by atoms with van der Waals surface area (Å²) in [5.41, 5.74) is 15.8. The molecule has 3 heteroatoms. The van der Waals surface area contributed by atoms with Gasteiger partial charge in [0.05, 0.1) is 12.1 Å². The molecular formula is C64H59N3. The molecule has 0 radical (unpaired) electrons. The lowest BCUT2D eigenvalue weighted by Crippen LogP contribution is -2.33. The lowest BCUT2D eigenvalue weighted by Gasteiger charge is -2.35. The van der Waals surface area contributed by atoms with E-state index in [-0.39, 0.29) is 23.4 Å². The molecule has 67 heavy (non-hydrogen) atoms. The molecule has 6 aromatic carbocycles. The Labute approximate surface area is 398 Å². The number of benzene rings is 6. The Morgan fingerprint density at radius 2 is 1.00 bits per heavy atom. The molecule has 4 aliphatic carbocycles. The van der Waals surface area contributed by atoms with Gasteiger partial charge >= 0.3 is 0 Å². The summed E-state index contributed by atoms with van der Waals surface area (Å²) in [6, 6.07) is 60.1. The molecule has 0 bridgehead atoms. The molecule has 0 N–H and O–H groups in total. The smallest absolute Gasteiger partial charge is 0.0560 e. The Morgan fingerprint density at radius 1 is 0.478 bits per heavy atom.